The third-order valence-corrected chi connectivity index (χ3v) is 7.03. The molecular weight excluding hydrogens is 500 g/mol. The van der Waals surface area contributed by atoms with Gasteiger partial charge in [0, 0.05) is 5.92 Å². The number of cyclic esters (lactones) is 1. The highest BCUT2D eigenvalue weighted by atomic mass is 16.7. The zero-order valence-electron chi connectivity index (χ0n) is 21.5. The van der Waals surface area contributed by atoms with Crippen LogP contribution in [-0.2, 0) is 27.1 Å². The minimum atomic E-state index is -1.56. The van der Waals surface area contributed by atoms with Crippen molar-refractivity contribution in [3.05, 3.63) is 47.5 Å². The number of aliphatic hydroxyl groups is 4. The molecule has 0 aliphatic carbocycles. The average Bonchev–Trinajstić information content (AvgIpc) is 3.27. The lowest BCUT2D eigenvalue weighted by Crippen LogP contribution is -2.60. The van der Waals surface area contributed by atoms with Gasteiger partial charge in [-0.3, -0.25) is 4.79 Å². The van der Waals surface area contributed by atoms with Crippen molar-refractivity contribution in [3.8, 4) is 23.0 Å². The monoisotopic (exact) mass is 534 g/mol. The summed E-state index contributed by atoms with van der Waals surface area (Å²) < 4.78 is 32.7. The van der Waals surface area contributed by atoms with Gasteiger partial charge in [0.05, 0.1) is 40.5 Å². The molecule has 4 N–H and O–H groups in total. The predicted octanol–water partition coefficient (Wildman–Crippen LogP) is 0.466. The van der Waals surface area contributed by atoms with Gasteiger partial charge in [-0.05, 0) is 48.2 Å². The smallest absolute Gasteiger partial charge is 0.309 e. The minimum Gasteiger partial charge on any atom is -0.493 e. The van der Waals surface area contributed by atoms with E-state index in [2.05, 4.69) is 0 Å². The molecule has 2 heterocycles. The molecule has 11 heteroatoms. The molecule has 2 aromatic rings. The number of carbonyl (C=O) groups excluding carboxylic acids is 1. The summed E-state index contributed by atoms with van der Waals surface area (Å²) in [6.45, 7) is -0.254. The number of esters is 1. The third-order valence-electron chi connectivity index (χ3n) is 7.03. The van der Waals surface area contributed by atoms with E-state index < -0.39 is 37.3 Å². The van der Waals surface area contributed by atoms with Crippen LogP contribution in [0.4, 0.5) is 0 Å². The van der Waals surface area contributed by atoms with E-state index in [9.17, 15) is 25.2 Å². The van der Waals surface area contributed by atoms with Crippen molar-refractivity contribution in [2.75, 3.05) is 34.5 Å². The molecule has 0 aromatic heterocycles. The molecular formula is C27H34O11. The number of rotatable bonds is 10. The lowest BCUT2D eigenvalue weighted by molar-refractivity contribution is -0.277. The molecule has 0 unspecified atom stereocenters. The van der Waals surface area contributed by atoms with E-state index in [4.69, 9.17) is 28.4 Å². The number of benzene rings is 2. The molecule has 0 amide bonds. The lowest BCUT2D eigenvalue weighted by Gasteiger charge is -2.39. The van der Waals surface area contributed by atoms with Gasteiger partial charge in [-0.15, -0.1) is 0 Å². The summed E-state index contributed by atoms with van der Waals surface area (Å²) in [7, 11) is 4.60. The van der Waals surface area contributed by atoms with Crippen molar-refractivity contribution in [3.63, 3.8) is 0 Å². The van der Waals surface area contributed by atoms with Crippen LogP contribution in [0.2, 0.25) is 0 Å². The van der Waals surface area contributed by atoms with Crippen LogP contribution >= 0.6 is 0 Å². The number of methoxy groups -OCH3 is 3. The van der Waals surface area contributed by atoms with Crippen LogP contribution in [-0.4, -0.2) is 91.6 Å². The largest absolute Gasteiger partial charge is 0.493 e. The summed E-state index contributed by atoms with van der Waals surface area (Å²) in [5, 5.41) is 39.7. The molecule has 2 saturated heterocycles. The van der Waals surface area contributed by atoms with Crippen LogP contribution in [0.5, 0.6) is 23.0 Å². The fourth-order valence-corrected chi connectivity index (χ4v) is 4.85. The molecule has 7 atom stereocenters. The Kier molecular flexibility index (Phi) is 8.95. The zero-order chi connectivity index (χ0) is 27.4. The van der Waals surface area contributed by atoms with Gasteiger partial charge in [0.1, 0.15) is 24.4 Å². The van der Waals surface area contributed by atoms with E-state index in [1.54, 1.807) is 32.4 Å². The standard InChI is InChI=1S/C27H34O11/c1-33-18-6-4-14(10-20(18)34-2)8-16-13-36-26(32)17(16)9-15-5-7-19(21(11-15)35-3)37-27-25(31)24(30)23(29)22(12-28)38-27/h4-7,10-11,16-17,22-25,27-31H,8-9,12-13H2,1-3H3/t16-,17-,22+,23-,24-,25-,27+/m1/s1. The zero-order valence-corrected chi connectivity index (χ0v) is 21.5. The molecule has 38 heavy (non-hydrogen) atoms. The predicted molar refractivity (Wildman–Crippen MR) is 132 cm³/mol. The number of hydrogen-bond acceptors (Lipinski definition) is 11. The van der Waals surface area contributed by atoms with E-state index in [0.717, 1.165) is 11.1 Å². The van der Waals surface area contributed by atoms with E-state index >= 15 is 0 Å². The van der Waals surface area contributed by atoms with Gasteiger partial charge in [0.15, 0.2) is 23.0 Å². The van der Waals surface area contributed by atoms with E-state index in [1.165, 1.54) is 7.11 Å². The highest BCUT2D eigenvalue weighted by Gasteiger charge is 2.45. The highest BCUT2D eigenvalue weighted by molar-refractivity contribution is 5.75. The molecule has 4 rings (SSSR count). The molecule has 11 nitrogen and oxygen atoms in total. The Balaban J connectivity index is 1.47. The number of aliphatic hydroxyl groups excluding tert-OH is 4. The number of carbonyl (C=O) groups is 1. The maximum absolute atomic E-state index is 12.6. The fraction of sp³-hybridized carbons (Fsp3) is 0.519. The van der Waals surface area contributed by atoms with Gasteiger partial charge >= 0.3 is 5.97 Å². The van der Waals surface area contributed by atoms with Crippen LogP contribution in [0.3, 0.4) is 0 Å². The summed E-state index contributed by atoms with van der Waals surface area (Å²) in [5.41, 5.74) is 1.81. The fourth-order valence-electron chi connectivity index (χ4n) is 4.85. The molecule has 0 radical (unpaired) electrons. The molecule has 2 aliphatic heterocycles. The molecule has 208 valence electrons. The first-order chi connectivity index (χ1) is 18.3. The highest BCUT2D eigenvalue weighted by Crippen LogP contribution is 2.36. The molecule has 0 spiro atoms. The first kappa shape index (κ1) is 27.9. The van der Waals surface area contributed by atoms with Crippen LogP contribution in [0.25, 0.3) is 0 Å². The van der Waals surface area contributed by atoms with Gasteiger partial charge < -0.3 is 48.8 Å². The second-order valence-electron chi connectivity index (χ2n) is 9.39. The first-order valence-electron chi connectivity index (χ1n) is 12.3. The van der Waals surface area contributed by atoms with Gasteiger partial charge in [-0.25, -0.2) is 0 Å². The summed E-state index contributed by atoms with van der Waals surface area (Å²) in [6.07, 6.45) is -6.02. The SMILES string of the molecule is COc1ccc(C[C@@H]2COC(=O)[C@@H]2Cc2ccc(O[C@H]3O[C@@H](CO)[C@@H](O)[C@@H](O)[C@H]3O)c(OC)c2)cc1OC. The summed E-state index contributed by atoms with van der Waals surface area (Å²) in [4.78, 5) is 12.6. The van der Waals surface area contributed by atoms with Crippen molar-refractivity contribution in [1.82, 2.24) is 0 Å². The van der Waals surface area contributed by atoms with E-state index in [-0.39, 0.29) is 23.6 Å². The maximum atomic E-state index is 12.6. The van der Waals surface area contributed by atoms with Crippen LogP contribution in [0.15, 0.2) is 36.4 Å². The lowest BCUT2D eigenvalue weighted by atomic mass is 9.85. The number of hydrogen-bond donors (Lipinski definition) is 4. The van der Waals surface area contributed by atoms with Crippen molar-refractivity contribution >= 4 is 5.97 Å². The van der Waals surface area contributed by atoms with Crippen molar-refractivity contribution in [2.24, 2.45) is 11.8 Å². The normalized spacial score (nSPS) is 29.0. The van der Waals surface area contributed by atoms with Gasteiger partial charge in [-0.2, -0.15) is 0 Å². The summed E-state index contributed by atoms with van der Waals surface area (Å²) >= 11 is 0. The van der Waals surface area contributed by atoms with Crippen molar-refractivity contribution in [1.29, 1.82) is 0 Å². The van der Waals surface area contributed by atoms with Crippen LogP contribution in [0, 0.1) is 11.8 Å². The Bertz CT molecular complexity index is 1100. The van der Waals surface area contributed by atoms with E-state index in [1.807, 2.05) is 18.2 Å². The van der Waals surface area contributed by atoms with Crippen LogP contribution < -0.4 is 18.9 Å². The molecule has 2 fully saturated rings. The minimum absolute atomic E-state index is 0.0448. The topological polar surface area (TPSA) is 153 Å². The van der Waals surface area contributed by atoms with Gasteiger partial charge in [0.25, 0.3) is 0 Å². The maximum Gasteiger partial charge on any atom is 0.309 e. The van der Waals surface area contributed by atoms with E-state index in [0.29, 0.717) is 36.7 Å². The Morgan fingerprint density at radius 1 is 0.816 bits per heavy atom. The molecule has 0 saturated carbocycles. The molecule has 0 bridgehead atoms. The van der Waals surface area contributed by atoms with Crippen LogP contribution in [0.1, 0.15) is 11.1 Å². The quantitative estimate of drug-likeness (QED) is 0.315. The number of ether oxygens (including phenoxy) is 6. The first-order valence-corrected chi connectivity index (χ1v) is 12.3. The second kappa shape index (κ2) is 12.2. The molecule has 2 aromatic carbocycles. The second-order valence-corrected chi connectivity index (χ2v) is 9.39. The Hall–Kier alpha value is -3.09. The Morgan fingerprint density at radius 3 is 2.05 bits per heavy atom. The van der Waals surface area contributed by atoms with Crippen molar-refractivity contribution in [2.45, 2.75) is 43.5 Å². The van der Waals surface area contributed by atoms with Gasteiger partial charge in [-0.1, -0.05) is 12.1 Å². The third kappa shape index (κ3) is 5.82. The summed E-state index contributed by atoms with van der Waals surface area (Å²) in [5.74, 6) is 1.10. The average molecular weight is 535 g/mol. The summed E-state index contributed by atoms with van der Waals surface area (Å²) in [6, 6.07) is 10.8. The molecule has 2 aliphatic rings. The van der Waals surface area contributed by atoms with Gasteiger partial charge in [0.2, 0.25) is 6.29 Å². The van der Waals surface area contributed by atoms with Crippen molar-refractivity contribution < 1.29 is 53.6 Å². The Labute approximate surface area is 220 Å². The Morgan fingerprint density at radius 2 is 1.42 bits per heavy atom.